The Labute approximate surface area is 58.1 Å². The molecule has 0 aromatic carbocycles. The number of fused-ring (bicyclic) bond motifs is 1. The van der Waals surface area contributed by atoms with Crippen molar-refractivity contribution in [3.8, 4) is 0 Å². The zero-order chi connectivity index (χ0) is 7.14. The van der Waals surface area contributed by atoms with Gasteiger partial charge in [0.2, 0.25) is 0 Å². The van der Waals surface area contributed by atoms with E-state index in [0.29, 0.717) is 0 Å². The summed E-state index contributed by atoms with van der Waals surface area (Å²) in [5.41, 5.74) is 2.02. The van der Waals surface area contributed by atoms with Gasteiger partial charge in [0.1, 0.15) is 11.0 Å². The maximum Gasteiger partial charge on any atom is 0.130 e. The second-order valence-electron chi connectivity index (χ2n) is 2.41. The summed E-state index contributed by atoms with van der Waals surface area (Å²) in [7, 11) is 3.86. The zero-order valence-corrected chi connectivity index (χ0v) is 5.94. The summed E-state index contributed by atoms with van der Waals surface area (Å²) in [5, 5.41) is 7.78. The van der Waals surface area contributed by atoms with Gasteiger partial charge >= 0.3 is 0 Å². The van der Waals surface area contributed by atoms with Gasteiger partial charge in [-0.3, -0.25) is 0 Å². The Bertz CT molecular complexity index is 357. The monoisotopic (exact) mass is 136 g/mol. The van der Waals surface area contributed by atoms with Crippen molar-refractivity contribution in [3.05, 3.63) is 12.4 Å². The normalized spacial score (nSPS) is 11.0. The standard InChI is InChI=1S/C6H8N4/c1-9-3-5-6(4-9)10(2)8-7-5/h3-4H,1-2H3. The molecule has 0 spiro atoms. The van der Waals surface area contributed by atoms with Gasteiger partial charge in [-0.2, -0.15) is 0 Å². The van der Waals surface area contributed by atoms with Crippen LogP contribution >= 0.6 is 0 Å². The molecular formula is C6H8N4. The molecule has 10 heavy (non-hydrogen) atoms. The summed E-state index contributed by atoms with van der Waals surface area (Å²) in [6, 6.07) is 0. The fraction of sp³-hybridized carbons (Fsp3) is 0.333. The third-order valence-corrected chi connectivity index (χ3v) is 1.55. The fourth-order valence-corrected chi connectivity index (χ4v) is 1.05. The Morgan fingerprint density at radius 2 is 2.10 bits per heavy atom. The van der Waals surface area contributed by atoms with Gasteiger partial charge in [0.25, 0.3) is 0 Å². The molecule has 0 radical (unpaired) electrons. The molecule has 52 valence electrons. The van der Waals surface area contributed by atoms with Crippen LogP contribution in [0.4, 0.5) is 0 Å². The van der Waals surface area contributed by atoms with E-state index in [0.717, 1.165) is 11.0 Å². The summed E-state index contributed by atoms with van der Waals surface area (Å²) in [5.74, 6) is 0. The lowest BCUT2D eigenvalue weighted by atomic mass is 10.5. The molecule has 2 aromatic rings. The molecule has 4 heteroatoms. The van der Waals surface area contributed by atoms with E-state index in [4.69, 9.17) is 0 Å². The van der Waals surface area contributed by atoms with Crippen LogP contribution in [0.2, 0.25) is 0 Å². The number of nitrogens with zero attached hydrogens (tertiary/aromatic N) is 4. The van der Waals surface area contributed by atoms with Gasteiger partial charge in [-0.25, -0.2) is 4.68 Å². The second-order valence-corrected chi connectivity index (χ2v) is 2.41. The van der Waals surface area contributed by atoms with Crippen molar-refractivity contribution >= 4 is 11.0 Å². The molecule has 2 rings (SSSR count). The number of hydrogen-bond donors (Lipinski definition) is 0. The van der Waals surface area contributed by atoms with Crippen LogP contribution in [-0.2, 0) is 14.1 Å². The minimum absolute atomic E-state index is 0.949. The summed E-state index contributed by atoms with van der Waals surface area (Å²) >= 11 is 0. The molecule has 0 amide bonds. The van der Waals surface area contributed by atoms with Crippen LogP contribution in [0.1, 0.15) is 0 Å². The van der Waals surface area contributed by atoms with E-state index in [1.165, 1.54) is 0 Å². The highest BCUT2D eigenvalue weighted by molar-refractivity contribution is 5.73. The Balaban J connectivity index is 2.90. The third kappa shape index (κ3) is 0.556. The smallest absolute Gasteiger partial charge is 0.130 e. The number of aromatic nitrogens is 4. The van der Waals surface area contributed by atoms with Gasteiger partial charge < -0.3 is 4.57 Å². The molecule has 0 saturated heterocycles. The first-order chi connectivity index (χ1) is 4.77. The first-order valence-electron chi connectivity index (χ1n) is 3.09. The first-order valence-corrected chi connectivity index (χ1v) is 3.09. The zero-order valence-electron chi connectivity index (χ0n) is 5.94. The highest BCUT2D eigenvalue weighted by atomic mass is 15.4. The Hall–Kier alpha value is -1.32. The molecule has 0 atom stereocenters. The summed E-state index contributed by atoms with van der Waals surface area (Å²) in [4.78, 5) is 0. The molecule has 2 heterocycles. The van der Waals surface area contributed by atoms with Gasteiger partial charge in [-0.1, -0.05) is 5.21 Å². The minimum atomic E-state index is 0.949. The number of aryl methyl sites for hydroxylation is 2. The van der Waals surface area contributed by atoms with Crippen molar-refractivity contribution in [3.63, 3.8) is 0 Å². The van der Waals surface area contributed by atoms with Gasteiger partial charge in [-0.15, -0.1) is 5.10 Å². The lowest BCUT2D eigenvalue weighted by Crippen LogP contribution is -1.90. The molecule has 0 saturated carbocycles. The van der Waals surface area contributed by atoms with Crippen molar-refractivity contribution in [2.24, 2.45) is 14.1 Å². The molecule has 0 aliphatic heterocycles. The Kier molecular flexibility index (Phi) is 0.869. The first kappa shape index (κ1) is 5.46. The highest BCUT2D eigenvalue weighted by Gasteiger charge is 2.00. The van der Waals surface area contributed by atoms with E-state index in [9.17, 15) is 0 Å². The SMILES string of the molecule is Cn1cc2nnn(C)c2c1. The van der Waals surface area contributed by atoms with Crippen molar-refractivity contribution in [1.82, 2.24) is 19.6 Å². The average molecular weight is 136 g/mol. The van der Waals surface area contributed by atoms with Crippen LogP contribution in [0, 0.1) is 0 Å². The maximum atomic E-state index is 3.93. The van der Waals surface area contributed by atoms with Crippen molar-refractivity contribution in [2.45, 2.75) is 0 Å². The Morgan fingerprint density at radius 1 is 1.30 bits per heavy atom. The summed E-state index contributed by atoms with van der Waals surface area (Å²) < 4.78 is 3.73. The van der Waals surface area contributed by atoms with Crippen LogP contribution in [0.15, 0.2) is 12.4 Å². The molecule has 0 unspecified atom stereocenters. The Morgan fingerprint density at radius 3 is 2.80 bits per heavy atom. The van der Waals surface area contributed by atoms with Gasteiger partial charge in [0.05, 0.1) is 0 Å². The molecule has 2 aromatic heterocycles. The second kappa shape index (κ2) is 1.59. The molecule has 0 fully saturated rings. The summed E-state index contributed by atoms with van der Waals surface area (Å²) in [6.07, 6.45) is 3.94. The van der Waals surface area contributed by atoms with Gasteiger partial charge in [0.15, 0.2) is 0 Å². The molecule has 4 nitrogen and oxygen atoms in total. The summed E-state index contributed by atoms with van der Waals surface area (Å²) in [6.45, 7) is 0. The van der Waals surface area contributed by atoms with Crippen LogP contribution < -0.4 is 0 Å². The predicted octanol–water partition coefficient (Wildman–Crippen LogP) is 0.307. The van der Waals surface area contributed by atoms with E-state index in [2.05, 4.69) is 10.3 Å². The van der Waals surface area contributed by atoms with Crippen molar-refractivity contribution < 1.29 is 0 Å². The topological polar surface area (TPSA) is 35.6 Å². The molecular weight excluding hydrogens is 128 g/mol. The van der Waals surface area contributed by atoms with Crippen LogP contribution in [-0.4, -0.2) is 19.6 Å². The minimum Gasteiger partial charge on any atom is -0.353 e. The molecule has 0 aliphatic rings. The van der Waals surface area contributed by atoms with E-state index in [1.54, 1.807) is 4.68 Å². The lowest BCUT2D eigenvalue weighted by Gasteiger charge is -1.85. The molecule has 0 aliphatic carbocycles. The van der Waals surface area contributed by atoms with Gasteiger partial charge in [-0.05, 0) is 0 Å². The number of rotatable bonds is 0. The fourth-order valence-electron chi connectivity index (χ4n) is 1.05. The lowest BCUT2D eigenvalue weighted by molar-refractivity contribution is 0.730. The van der Waals surface area contributed by atoms with E-state index < -0.39 is 0 Å². The van der Waals surface area contributed by atoms with Crippen LogP contribution in [0.5, 0.6) is 0 Å². The van der Waals surface area contributed by atoms with E-state index in [-0.39, 0.29) is 0 Å². The average Bonchev–Trinajstić information content (AvgIpc) is 2.35. The van der Waals surface area contributed by atoms with E-state index >= 15 is 0 Å². The third-order valence-electron chi connectivity index (χ3n) is 1.55. The molecule has 0 bridgehead atoms. The van der Waals surface area contributed by atoms with Crippen LogP contribution in [0.25, 0.3) is 11.0 Å². The highest BCUT2D eigenvalue weighted by Crippen LogP contribution is 2.08. The van der Waals surface area contributed by atoms with Crippen molar-refractivity contribution in [2.75, 3.05) is 0 Å². The van der Waals surface area contributed by atoms with Crippen LogP contribution in [0.3, 0.4) is 0 Å². The largest absolute Gasteiger partial charge is 0.353 e. The maximum absolute atomic E-state index is 3.93. The molecule has 0 N–H and O–H groups in total. The quantitative estimate of drug-likeness (QED) is 0.522. The van der Waals surface area contributed by atoms with Crippen molar-refractivity contribution in [1.29, 1.82) is 0 Å². The predicted molar refractivity (Wildman–Crippen MR) is 37.5 cm³/mol. The van der Waals surface area contributed by atoms with E-state index in [1.807, 2.05) is 31.1 Å². The van der Waals surface area contributed by atoms with Gasteiger partial charge in [0, 0.05) is 26.5 Å². The number of hydrogen-bond acceptors (Lipinski definition) is 2.